The van der Waals surface area contributed by atoms with Crippen molar-refractivity contribution in [3.8, 4) is 0 Å². The van der Waals surface area contributed by atoms with Gasteiger partial charge in [-0.15, -0.1) is 0 Å². The maximum atomic E-state index is 9.96. The van der Waals surface area contributed by atoms with Crippen LogP contribution in [0.15, 0.2) is 66.9 Å². The smallest absolute Gasteiger partial charge is 0.423 e. The lowest BCUT2D eigenvalue weighted by molar-refractivity contribution is -0.661. The Kier molecular flexibility index (Phi) is 6.84. The number of hydrogen-bond donors (Lipinski definition) is 3. The summed E-state index contributed by atoms with van der Waals surface area (Å²) in [5.41, 5.74) is 4.72. The lowest BCUT2D eigenvalue weighted by Gasteiger charge is -2.19. The van der Waals surface area contributed by atoms with E-state index in [1.54, 1.807) is 18.2 Å². The van der Waals surface area contributed by atoms with Crippen molar-refractivity contribution in [2.24, 2.45) is 0 Å². The van der Waals surface area contributed by atoms with Crippen LogP contribution in [0, 0.1) is 0 Å². The van der Waals surface area contributed by atoms with Gasteiger partial charge in [0, 0.05) is 42.5 Å². The predicted molar refractivity (Wildman–Crippen MR) is 128 cm³/mol. The monoisotopic (exact) mass is 430 g/mol. The van der Waals surface area contributed by atoms with Crippen molar-refractivity contribution in [3.63, 3.8) is 0 Å². The van der Waals surface area contributed by atoms with E-state index in [1.807, 2.05) is 26.2 Å². The van der Waals surface area contributed by atoms with Crippen LogP contribution in [0.3, 0.4) is 0 Å². The second kappa shape index (κ2) is 9.77. The fourth-order valence-corrected chi connectivity index (χ4v) is 4.29. The topological polar surface area (TPSA) is 68.8 Å². The van der Waals surface area contributed by atoms with E-state index >= 15 is 0 Å². The lowest BCUT2D eigenvalue weighted by Crippen LogP contribution is -2.40. The highest BCUT2D eigenvalue weighted by atomic mass is 16.7. The summed E-state index contributed by atoms with van der Waals surface area (Å²) in [7, 11) is 3.84. The first kappa shape index (κ1) is 22.4. The van der Waals surface area contributed by atoms with E-state index in [9.17, 15) is 10.0 Å². The van der Waals surface area contributed by atoms with Crippen LogP contribution in [-0.2, 0) is 24.5 Å². The molecule has 0 saturated carbocycles. The molecule has 0 spiro atoms. The summed E-state index contributed by atoms with van der Waals surface area (Å²) in [5, 5.41) is 28.4. The van der Waals surface area contributed by atoms with E-state index in [2.05, 4.69) is 58.5 Å². The summed E-state index contributed by atoms with van der Waals surface area (Å²) in [4.78, 5) is 5.32. The molecule has 0 amide bonds. The maximum Gasteiger partial charge on any atom is 0.488 e. The molecule has 0 bridgehead atoms. The Morgan fingerprint density at radius 3 is 2.59 bits per heavy atom. The Balaban J connectivity index is 1.88. The van der Waals surface area contributed by atoms with Crippen LogP contribution >= 0.6 is 0 Å². The third kappa shape index (κ3) is 4.53. The average Bonchev–Trinajstić information content (AvgIpc) is 2.80. The second-order valence-corrected chi connectivity index (χ2v) is 8.05. The standard InChI is InChI=1S/C25H29BN3O3/c1-27-14-18-11-12-25-22(13-18)21-9-5-4-7-19(21)15-29(25)16-20-8-6-10-24(26(30)31)23(20)17-28(2)32-3/h4-13,15,27,30-31H,14,16-17H2,1-3H3/q+1. The van der Waals surface area contributed by atoms with Crippen molar-refractivity contribution in [3.05, 3.63) is 83.6 Å². The molecule has 4 aromatic rings. The molecule has 0 atom stereocenters. The number of hydrogen-bond acceptors (Lipinski definition) is 5. The Bertz CT molecular complexity index is 1250. The normalized spacial score (nSPS) is 11.6. The molecule has 0 aliphatic heterocycles. The lowest BCUT2D eigenvalue weighted by atomic mass is 9.75. The molecular formula is C25H29BN3O3+. The van der Waals surface area contributed by atoms with Crippen LogP contribution in [0.5, 0.6) is 0 Å². The van der Waals surface area contributed by atoms with E-state index in [0.717, 1.165) is 28.6 Å². The van der Waals surface area contributed by atoms with E-state index in [1.165, 1.54) is 16.3 Å². The highest BCUT2D eigenvalue weighted by molar-refractivity contribution is 6.59. The minimum absolute atomic E-state index is 0.442. The first-order valence-electron chi connectivity index (χ1n) is 10.7. The molecule has 3 aromatic carbocycles. The van der Waals surface area contributed by atoms with Crippen LogP contribution in [0.1, 0.15) is 16.7 Å². The van der Waals surface area contributed by atoms with Gasteiger partial charge in [0.15, 0.2) is 12.7 Å². The van der Waals surface area contributed by atoms with Crippen molar-refractivity contribution < 1.29 is 19.5 Å². The largest absolute Gasteiger partial charge is 0.488 e. The first-order valence-corrected chi connectivity index (χ1v) is 10.7. The molecule has 32 heavy (non-hydrogen) atoms. The van der Waals surface area contributed by atoms with Crippen molar-refractivity contribution in [1.29, 1.82) is 0 Å². The van der Waals surface area contributed by atoms with E-state index < -0.39 is 7.12 Å². The molecule has 0 unspecified atom stereocenters. The summed E-state index contributed by atoms with van der Waals surface area (Å²) in [6.45, 7) is 1.85. The maximum absolute atomic E-state index is 9.96. The molecule has 164 valence electrons. The molecule has 0 saturated heterocycles. The van der Waals surface area contributed by atoms with Crippen LogP contribution in [0.2, 0.25) is 0 Å². The molecular weight excluding hydrogens is 401 g/mol. The van der Waals surface area contributed by atoms with Crippen LogP contribution in [0.25, 0.3) is 21.7 Å². The average molecular weight is 430 g/mol. The van der Waals surface area contributed by atoms with Crippen LogP contribution in [-0.4, -0.2) is 43.4 Å². The van der Waals surface area contributed by atoms with Crippen molar-refractivity contribution in [1.82, 2.24) is 10.4 Å². The van der Waals surface area contributed by atoms with Gasteiger partial charge in [-0.1, -0.05) is 42.5 Å². The summed E-state index contributed by atoms with van der Waals surface area (Å²) in [6, 6.07) is 20.6. The van der Waals surface area contributed by atoms with Gasteiger partial charge < -0.3 is 20.2 Å². The number of hydroxylamine groups is 2. The van der Waals surface area contributed by atoms with Gasteiger partial charge in [0.2, 0.25) is 5.52 Å². The van der Waals surface area contributed by atoms with Gasteiger partial charge in [-0.25, -0.2) is 0 Å². The number of nitrogens with one attached hydrogen (secondary N) is 1. The molecule has 6 nitrogen and oxygen atoms in total. The number of nitrogens with zero attached hydrogens (tertiary/aromatic N) is 2. The molecule has 1 heterocycles. The Labute approximate surface area is 188 Å². The molecule has 3 N–H and O–H groups in total. The Hall–Kier alpha value is -2.81. The molecule has 0 radical (unpaired) electrons. The summed E-state index contributed by atoms with van der Waals surface area (Å²) in [6.07, 6.45) is 2.17. The molecule has 0 aliphatic rings. The van der Waals surface area contributed by atoms with E-state index in [-0.39, 0.29) is 0 Å². The predicted octanol–water partition coefficient (Wildman–Crippen LogP) is 1.72. The zero-order valence-electron chi connectivity index (χ0n) is 18.7. The summed E-state index contributed by atoms with van der Waals surface area (Å²) >= 11 is 0. The number of pyridine rings is 1. The minimum atomic E-state index is -1.54. The van der Waals surface area contributed by atoms with Gasteiger partial charge in [0.1, 0.15) is 0 Å². The molecule has 7 heteroatoms. The van der Waals surface area contributed by atoms with Gasteiger partial charge in [-0.2, -0.15) is 9.63 Å². The Morgan fingerprint density at radius 1 is 1.03 bits per heavy atom. The van der Waals surface area contributed by atoms with Gasteiger partial charge in [0.25, 0.3) is 0 Å². The minimum Gasteiger partial charge on any atom is -0.423 e. The molecule has 0 aliphatic carbocycles. The van der Waals surface area contributed by atoms with Gasteiger partial charge >= 0.3 is 7.12 Å². The summed E-state index contributed by atoms with van der Waals surface area (Å²) < 4.78 is 2.24. The zero-order chi connectivity index (χ0) is 22.7. The second-order valence-electron chi connectivity index (χ2n) is 8.05. The van der Waals surface area contributed by atoms with Crippen LogP contribution < -0.4 is 15.3 Å². The molecule has 1 aromatic heterocycles. The number of rotatable bonds is 8. The highest BCUT2D eigenvalue weighted by Crippen LogP contribution is 2.24. The van der Waals surface area contributed by atoms with Gasteiger partial charge in [-0.3, -0.25) is 0 Å². The Morgan fingerprint density at radius 2 is 1.84 bits per heavy atom. The molecule has 4 rings (SSSR count). The third-order valence-corrected chi connectivity index (χ3v) is 5.92. The van der Waals surface area contributed by atoms with Crippen molar-refractivity contribution in [2.75, 3.05) is 21.2 Å². The molecule has 0 fully saturated rings. The van der Waals surface area contributed by atoms with Gasteiger partial charge in [0.05, 0.1) is 12.5 Å². The van der Waals surface area contributed by atoms with Gasteiger partial charge in [-0.05, 0) is 35.8 Å². The SMILES string of the molecule is CNCc1ccc2c(c1)c1ccccc1c[n+]2Cc1cccc(B(O)O)c1CN(C)OC. The fraction of sp³-hybridized carbons (Fsp3) is 0.240. The number of benzene rings is 3. The van der Waals surface area contributed by atoms with Crippen molar-refractivity contribution in [2.45, 2.75) is 19.6 Å². The zero-order valence-corrected chi connectivity index (χ0v) is 18.7. The van der Waals surface area contributed by atoms with Crippen LogP contribution in [0.4, 0.5) is 0 Å². The van der Waals surface area contributed by atoms with E-state index in [4.69, 9.17) is 4.84 Å². The third-order valence-electron chi connectivity index (χ3n) is 5.92. The fourth-order valence-electron chi connectivity index (χ4n) is 4.29. The van der Waals surface area contributed by atoms with E-state index in [0.29, 0.717) is 18.6 Å². The summed E-state index contributed by atoms with van der Waals surface area (Å²) in [5.74, 6) is 0. The number of aromatic nitrogens is 1. The van der Waals surface area contributed by atoms with Crippen molar-refractivity contribution >= 4 is 34.3 Å². The number of fused-ring (bicyclic) bond motifs is 3. The highest BCUT2D eigenvalue weighted by Gasteiger charge is 2.22. The first-order chi connectivity index (χ1) is 15.5. The quantitative estimate of drug-likeness (QED) is 0.172.